The monoisotopic (exact) mass is 394 g/mol. The van der Waals surface area contributed by atoms with E-state index >= 15 is 0 Å². The molecular weight excluding hydrogens is 384 g/mol. The van der Waals surface area contributed by atoms with Gasteiger partial charge in [-0.15, -0.1) is 11.3 Å². The SMILES string of the molecule is CC(=O)NC1CCN(C(=O)c2cc(Br)c(Br)s2)C1. The third-order valence-corrected chi connectivity index (χ3v) is 5.98. The van der Waals surface area contributed by atoms with Crippen molar-refractivity contribution in [1.82, 2.24) is 10.2 Å². The minimum absolute atomic E-state index is 0.0271. The van der Waals surface area contributed by atoms with Crippen LogP contribution in [0.15, 0.2) is 14.3 Å². The van der Waals surface area contributed by atoms with Gasteiger partial charge < -0.3 is 10.2 Å². The summed E-state index contributed by atoms with van der Waals surface area (Å²) in [7, 11) is 0. The molecule has 0 aliphatic carbocycles. The van der Waals surface area contributed by atoms with Crippen molar-refractivity contribution in [3.63, 3.8) is 0 Å². The van der Waals surface area contributed by atoms with Gasteiger partial charge in [0.25, 0.3) is 5.91 Å². The second kappa shape index (κ2) is 5.71. The van der Waals surface area contributed by atoms with E-state index < -0.39 is 0 Å². The van der Waals surface area contributed by atoms with Gasteiger partial charge in [-0.1, -0.05) is 0 Å². The van der Waals surface area contributed by atoms with Crippen LogP contribution >= 0.6 is 43.2 Å². The Bertz CT molecular complexity index is 470. The normalized spacial score (nSPS) is 19.1. The van der Waals surface area contributed by atoms with Gasteiger partial charge in [0.05, 0.1) is 8.66 Å². The second-order valence-corrected chi connectivity index (χ2v) is 7.39. The number of rotatable bonds is 2. The zero-order valence-electron chi connectivity index (χ0n) is 9.70. The number of hydrogen-bond acceptors (Lipinski definition) is 3. The van der Waals surface area contributed by atoms with Crippen LogP contribution in [0, 0.1) is 0 Å². The fraction of sp³-hybridized carbons (Fsp3) is 0.455. The first kappa shape index (κ1) is 14.0. The van der Waals surface area contributed by atoms with Gasteiger partial charge in [0.2, 0.25) is 5.91 Å². The molecule has 1 fully saturated rings. The van der Waals surface area contributed by atoms with Crippen LogP contribution < -0.4 is 5.32 Å². The van der Waals surface area contributed by atoms with E-state index in [1.54, 1.807) is 4.90 Å². The Morgan fingerprint density at radius 2 is 2.22 bits per heavy atom. The molecule has 1 saturated heterocycles. The number of carbonyl (C=O) groups excluding carboxylic acids is 2. The van der Waals surface area contributed by atoms with E-state index in [1.165, 1.54) is 18.3 Å². The highest BCUT2D eigenvalue weighted by atomic mass is 79.9. The maximum Gasteiger partial charge on any atom is 0.264 e. The van der Waals surface area contributed by atoms with Gasteiger partial charge in [-0.25, -0.2) is 0 Å². The first-order chi connectivity index (χ1) is 8.47. The van der Waals surface area contributed by atoms with Crippen molar-refractivity contribution < 1.29 is 9.59 Å². The topological polar surface area (TPSA) is 49.4 Å². The quantitative estimate of drug-likeness (QED) is 0.836. The van der Waals surface area contributed by atoms with E-state index in [0.29, 0.717) is 18.0 Å². The third kappa shape index (κ3) is 3.13. The van der Waals surface area contributed by atoms with Gasteiger partial charge in [0, 0.05) is 30.5 Å². The minimum Gasteiger partial charge on any atom is -0.352 e. The van der Waals surface area contributed by atoms with Crippen molar-refractivity contribution in [3.05, 3.63) is 19.2 Å². The van der Waals surface area contributed by atoms with Gasteiger partial charge in [0.15, 0.2) is 0 Å². The summed E-state index contributed by atoms with van der Waals surface area (Å²) < 4.78 is 1.82. The van der Waals surface area contributed by atoms with Crippen LogP contribution in [0.5, 0.6) is 0 Å². The summed E-state index contributed by atoms with van der Waals surface area (Å²) >= 11 is 8.17. The van der Waals surface area contributed by atoms with Crippen LogP contribution in [0.2, 0.25) is 0 Å². The van der Waals surface area contributed by atoms with Crippen LogP contribution in [0.1, 0.15) is 23.0 Å². The fourth-order valence-electron chi connectivity index (χ4n) is 1.96. The summed E-state index contributed by atoms with van der Waals surface area (Å²) in [6.07, 6.45) is 0.818. The molecule has 0 aromatic carbocycles. The number of nitrogens with one attached hydrogen (secondary N) is 1. The zero-order chi connectivity index (χ0) is 13.3. The molecule has 1 atom stereocenters. The number of halogens is 2. The van der Waals surface area contributed by atoms with Gasteiger partial charge in [-0.2, -0.15) is 0 Å². The van der Waals surface area contributed by atoms with Crippen LogP contribution in [-0.2, 0) is 4.79 Å². The highest BCUT2D eigenvalue weighted by molar-refractivity contribution is 9.13. The molecule has 1 N–H and O–H groups in total. The molecule has 18 heavy (non-hydrogen) atoms. The average molecular weight is 396 g/mol. The highest BCUT2D eigenvalue weighted by Gasteiger charge is 2.28. The van der Waals surface area contributed by atoms with Gasteiger partial charge >= 0.3 is 0 Å². The van der Waals surface area contributed by atoms with Gasteiger partial charge in [-0.3, -0.25) is 9.59 Å². The number of thiophene rings is 1. The summed E-state index contributed by atoms with van der Waals surface area (Å²) in [6, 6.07) is 1.90. The Labute approximate surface area is 126 Å². The lowest BCUT2D eigenvalue weighted by molar-refractivity contribution is -0.119. The fourth-order valence-corrected chi connectivity index (χ4v) is 3.96. The molecule has 7 heteroatoms. The van der Waals surface area contributed by atoms with Crippen molar-refractivity contribution in [2.45, 2.75) is 19.4 Å². The molecule has 0 radical (unpaired) electrons. The molecule has 1 unspecified atom stereocenters. The van der Waals surface area contributed by atoms with Crippen molar-refractivity contribution in [1.29, 1.82) is 0 Å². The summed E-state index contributed by atoms with van der Waals surface area (Å²) in [5.74, 6) is -0.0184. The van der Waals surface area contributed by atoms with E-state index in [-0.39, 0.29) is 17.9 Å². The Kier molecular flexibility index (Phi) is 4.45. The average Bonchev–Trinajstić information content (AvgIpc) is 2.85. The molecule has 4 nitrogen and oxygen atoms in total. The summed E-state index contributed by atoms with van der Waals surface area (Å²) in [5, 5.41) is 2.85. The maximum atomic E-state index is 12.2. The standard InChI is InChI=1S/C11H12Br2N2O2S/c1-6(16)14-7-2-3-15(5-7)11(17)9-4-8(12)10(13)18-9/h4,7H,2-3,5H2,1H3,(H,14,16). The predicted octanol–water partition coefficient (Wildman–Crippen LogP) is 2.62. The second-order valence-electron chi connectivity index (χ2n) is 4.17. The Balaban J connectivity index is 2.01. The maximum absolute atomic E-state index is 12.2. The third-order valence-electron chi connectivity index (χ3n) is 2.74. The number of carbonyl (C=O) groups is 2. The van der Waals surface area contributed by atoms with E-state index in [9.17, 15) is 9.59 Å². The molecular formula is C11H12Br2N2O2S. The zero-order valence-corrected chi connectivity index (χ0v) is 13.7. The predicted molar refractivity (Wildman–Crippen MR) is 77.8 cm³/mol. The molecule has 1 aliphatic heterocycles. The number of nitrogens with zero attached hydrogens (tertiary/aromatic N) is 1. The molecule has 1 aliphatic rings. The molecule has 2 rings (SSSR count). The molecule has 1 aromatic heterocycles. The highest BCUT2D eigenvalue weighted by Crippen LogP contribution is 2.33. The molecule has 0 bridgehead atoms. The first-order valence-corrected chi connectivity index (χ1v) is 7.89. The lowest BCUT2D eigenvalue weighted by Gasteiger charge is -2.15. The molecule has 0 spiro atoms. The van der Waals surface area contributed by atoms with Crippen LogP contribution in [0.4, 0.5) is 0 Å². The van der Waals surface area contributed by atoms with Crippen LogP contribution in [-0.4, -0.2) is 35.8 Å². The minimum atomic E-state index is -0.0455. The van der Waals surface area contributed by atoms with E-state index in [0.717, 1.165) is 14.7 Å². The largest absolute Gasteiger partial charge is 0.352 e. The van der Waals surface area contributed by atoms with E-state index in [4.69, 9.17) is 0 Å². The summed E-state index contributed by atoms with van der Waals surface area (Å²) in [5.41, 5.74) is 0. The van der Waals surface area contributed by atoms with Crippen LogP contribution in [0.25, 0.3) is 0 Å². The first-order valence-electron chi connectivity index (χ1n) is 5.48. The summed E-state index contributed by atoms with van der Waals surface area (Å²) in [6.45, 7) is 2.78. The Morgan fingerprint density at radius 3 is 2.78 bits per heavy atom. The molecule has 0 saturated carbocycles. The van der Waals surface area contributed by atoms with Crippen molar-refractivity contribution in [2.75, 3.05) is 13.1 Å². The smallest absolute Gasteiger partial charge is 0.264 e. The molecule has 1 aromatic rings. The molecule has 2 amide bonds. The van der Waals surface area contributed by atoms with Gasteiger partial charge in [-0.05, 0) is 44.3 Å². The van der Waals surface area contributed by atoms with Crippen LogP contribution in [0.3, 0.4) is 0 Å². The van der Waals surface area contributed by atoms with Crippen molar-refractivity contribution in [3.8, 4) is 0 Å². The van der Waals surface area contributed by atoms with Crippen molar-refractivity contribution in [2.24, 2.45) is 0 Å². The Morgan fingerprint density at radius 1 is 1.50 bits per heavy atom. The lowest BCUT2D eigenvalue weighted by Crippen LogP contribution is -2.37. The Hall–Kier alpha value is -0.400. The molecule has 98 valence electrons. The number of likely N-dealkylation sites (tertiary alicyclic amines) is 1. The lowest BCUT2D eigenvalue weighted by atomic mass is 10.2. The van der Waals surface area contributed by atoms with E-state index in [1.807, 2.05) is 6.07 Å². The number of amides is 2. The van der Waals surface area contributed by atoms with Gasteiger partial charge in [0.1, 0.15) is 0 Å². The van der Waals surface area contributed by atoms with Crippen molar-refractivity contribution >= 4 is 55.0 Å². The van der Waals surface area contributed by atoms with E-state index in [2.05, 4.69) is 37.2 Å². The molecule has 2 heterocycles. The summed E-state index contributed by atoms with van der Waals surface area (Å²) in [4.78, 5) is 25.7. The number of hydrogen-bond donors (Lipinski definition) is 1.